The average molecular weight is 155 g/mol. The van der Waals surface area contributed by atoms with Crippen molar-refractivity contribution in [2.24, 2.45) is 17.6 Å². The summed E-state index contributed by atoms with van der Waals surface area (Å²) in [6, 6.07) is 0. The van der Waals surface area contributed by atoms with Gasteiger partial charge in [-0.3, -0.25) is 4.79 Å². The maximum atomic E-state index is 10.6. The first kappa shape index (κ1) is 10.2. The van der Waals surface area contributed by atoms with Gasteiger partial charge in [0.1, 0.15) is 0 Å². The van der Waals surface area contributed by atoms with E-state index in [1.807, 2.05) is 6.92 Å². The van der Waals surface area contributed by atoms with Gasteiger partial charge in [0.05, 0.1) is 0 Å². The summed E-state index contributed by atoms with van der Waals surface area (Å²) in [5.41, 5.74) is 5.61. The van der Waals surface area contributed by atoms with Gasteiger partial charge in [0.2, 0.25) is 5.91 Å². The fourth-order valence-corrected chi connectivity index (χ4v) is 1.09. The zero-order chi connectivity index (χ0) is 9.02. The third kappa shape index (κ3) is 3.81. The second kappa shape index (κ2) is 4.16. The summed E-state index contributed by atoms with van der Waals surface area (Å²) in [7, 11) is 0. The number of hydrogen-bond donors (Lipinski definition) is 1. The van der Waals surface area contributed by atoms with Crippen molar-refractivity contribution in [2.45, 2.75) is 27.2 Å². The Balaban J connectivity index is 3.93. The number of amides is 1. The molecule has 0 aromatic rings. The summed E-state index contributed by atoms with van der Waals surface area (Å²) in [4.78, 5) is 10.6. The van der Waals surface area contributed by atoms with E-state index in [0.717, 1.165) is 6.42 Å². The Morgan fingerprint density at radius 3 is 2.18 bits per heavy atom. The molecular formula is C9H17NO. The number of carbonyl (C=O) groups excluding carboxylic acids is 1. The highest BCUT2D eigenvalue weighted by molar-refractivity contribution is 5.91. The molecule has 0 spiro atoms. The molecule has 0 fully saturated rings. The first-order chi connectivity index (χ1) is 4.95. The van der Waals surface area contributed by atoms with Gasteiger partial charge >= 0.3 is 0 Å². The highest BCUT2D eigenvalue weighted by Crippen LogP contribution is 2.17. The van der Waals surface area contributed by atoms with Crippen molar-refractivity contribution in [2.75, 3.05) is 0 Å². The molecule has 64 valence electrons. The molecule has 0 radical (unpaired) electrons. The number of rotatable bonds is 4. The molecule has 2 heteroatoms. The van der Waals surface area contributed by atoms with Crippen molar-refractivity contribution in [1.82, 2.24) is 0 Å². The molecule has 11 heavy (non-hydrogen) atoms. The minimum absolute atomic E-state index is 0.215. The van der Waals surface area contributed by atoms with Gasteiger partial charge in [-0.1, -0.05) is 27.4 Å². The van der Waals surface area contributed by atoms with E-state index >= 15 is 0 Å². The van der Waals surface area contributed by atoms with Crippen molar-refractivity contribution < 1.29 is 4.79 Å². The molecule has 1 amide bonds. The van der Waals surface area contributed by atoms with Crippen LogP contribution in [0.15, 0.2) is 12.2 Å². The van der Waals surface area contributed by atoms with Crippen LogP contribution >= 0.6 is 0 Å². The van der Waals surface area contributed by atoms with Crippen molar-refractivity contribution in [1.29, 1.82) is 0 Å². The summed E-state index contributed by atoms with van der Waals surface area (Å²) in [5.74, 6) is 0.423. The lowest BCUT2D eigenvalue weighted by molar-refractivity contribution is -0.115. The van der Waals surface area contributed by atoms with Gasteiger partial charge in [-0.05, 0) is 18.3 Å². The number of hydrogen-bond acceptors (Lipinski definition) is 1. The zero-order valence-electron chi connectivity index (χ0n) is 7.55. The second-order valence-electron chi connectivity index (χ2n) is 3.42. The van der Waals surface area contributed by atoms with Crippen LogP contribution in [-0.4, -0.2) is 5.91 Å². The SMILES string of the molecule is C=C(C(N)=O)C(C)CC(C)C. The molecule has 0 heterocycles. The Morgan fingerprint density at radius 2 is 1.91 bits per heavy atom. The van der Waals surface area contributed by atoms with Gasteiger partial charge in [-0.15, -0.1) is 0 Å². The number of carbonyl (C=O) groups is 1. The molecule has 0 aliphatic rings. The molecule has 0 aromatic heterocycles. The molecule has 1 atom stereocenters. The van der Waals surface area contributed by atoms with E-state index in [0.29, 0.717) is 11.5 Å². The topological polar surface area (TPSA) is 43.1 Å². The molecular weight excluding hydrogens is 138 g/mol. The molecule has 0 aromatic carbocycles. The lowest BCUT2D eigenvalue weighted by Crippen LogP contribution is -2.19. The van der Waals surface area contributed by atoms with Crippen molar-refractivity contribution >= 4 is 5.91 Å². The molecule has 0 bridgehead atoms. The van der Waals surface area contributed by atoms with Crippen molar-refractivity contribution in [3.05, 3.63) is 12.2 Å². The van der Waals surface area contributed by atoms with Crippen LogP contribution in [0.2, 0.25) is 0 Å². The van der Waals surface area contributed by atoms with Crippen LogP contribution < -0.4 is 5.73 Å². The smallest absolute Gasteiger partial charge is 0.244 e. The summed E-state index contributed by atoms with van der Waals surface area (Å²) in [6.45, 7) is 9.84. The van der Waals surface area contributed by atoms with Crippen LogP contribution in [0.5, 0.6) is 0 Å². The van der Waals surface area contributed by atoms with Gasteiger partial charge in [0.15, 0.2) is 0 Å². The highest BCUT2D eigenvalue weighted by Gasteiger charge is 2.12. The maximum Gasteiger partial charge on any atom is 0.244 e. The molecule has 0 rings (SSSR count). The van der Waals surface area contributed by atoms with Gasteiger partial charge in [0.25, 0.3) is 0 Å². The molecule has 0 saturated heterocycles. The Morgan fingerprint density at radius 1 is 1.45 bits per heavy atom. The molecule has 0 aliphatic heterocycles. The van der Waals surface area contributed by atoms with Crippen LogP contribution in [0.4, 0.5) is 0 Å². The van der Waals surface area contributed by atoms with E-state index in [1.54, 1.807) is 0 Å². The third-order valence-electron chi connectivity index (χ3n) is 1.74. The van der Waals surface area contributed by atoms with Crippen LogP contribution in [0.25, 0.3) is 0 Å². The molecule has 0 saturated carbocycles. The van der Waals surface area contributed by atoms with E-state index in [-0.39, 0.29) is 11.8 Å². The largest absolute Gasteiger partial charge is 0.366 e. The quantitative estimate of drug-likeness (QED) is 0.617. The van der Waals surface area contributed by atoms with Crippen LogP contribution in [0, 0.1) is 11.8 Å². The standard InChI is InChI=1S/C9H17NO/c1-6(2)5-7(3)8(4)9(10)11/h6-7H,4-5H2,1-3H3,(H2,10,11). The summed E-state index contributed by atoms with van der Waals surface area (Å²) < 4.78 is 0. The Hall–Kier alpha value is -0.790. The minimum atomic E-state index is -0.377. The van der Waals surface area contributed by atoms with Gasteiger partial charge in [-0.2, -0.15) is 0 Å². The van der Waals surface area contributed by atoms with E-state index < -0.39 is 0 Å². The lowest BCUT2D eigenvalue weighted by Gasteiger charge is -2.13. The average Bonchev–Trinajstić information content (AvgIpc) is 1.84. The van der Waals surface area contributed by atoms with E-state index in [9.17, 15) is 4.79 Å². The first-order valence-electron chi connectivity index (χ1n) is 3.93. The van der Waals surface area contributed by atoms with Crippen molar-refractivity contribution in [3.8, 4) is 0 Å². The van der Waals surface area contributed by atoms with Crippen LogP contribution in [0.1, 0.15) is 27.2 Å². The van der Waals surface area contributed by atoms with E-state index in [2.05, 4.69) is 20.4 Å². The van der Waals surface area contributed by atoms with E-state index in [4.69, 9.17) is 5.73 Å². The van der Waals surface area contributed by atoms with Gasteiger partial charge in [-0.25, -0.2) is 0 Å². The Labute approximate surface area is 68.5 Å². The predicted molar refractivity (Wildman–Crippen MR) is 47.0 cm³/mol. The zero-order valence-corrected chi connectivity index (χ0v) is 7.55. The first-order valence-corrected chi connectivity index (χ1v) is 3.93. The van der Waals surface area contributed by atoms with Crippen molar-refractivity contribution in [3.63, 3.8) is 0 Å². The maximum absolute atomic E-state index is 10.6. The fraction of sp³-hybridized carbons (Fsp3) is 0.667. The monoisotopic (exact) mass is 155 g/mol. The van der Waals surface area contributed by atoms with Gasteiger partial charge < -0.3 is 5.73 Å². The predicted octanol–water partition coefficient (Wildman–Crippen LogP) is 1.71. The van der Waals surface area contributed by atoms with Crippen LogP contribution in [-0.2, 0) is 4.79 Å². The molecule has 2 N–H and O–H groups in total. The number of nitrogens with two attached hydrogens (primary N) is 1. The lowest BCUT2D eigenvalue weighted by atomic mass is 9.92. The molecule has 2 nitrogen and oxygen atoms in total. The summed E-state index contributed by atoms with van der Waals surface area (Å²) in [5, 5.41) is 0. The Kier molecular flexibility index (Phi) is 3.86. The third-order valence-corrected chi connectivity index (χ3v) is 1.74. The normalized spacial score (nSPS) is 13.1. The number of primary amides is 1. The minimum Gasteiger partial charge on any atom is -0.366 e. The van der Waals surface area contributed by atoms with Crippen LogP contribution in [0.3, 0.4) is 0 Å². The second-order valence-corrected chi connectivity index (χ2v) is 3.42. The molecule has 0 aliphatic carbocycles. The summed E-state index contributed by atoms with van der Waals surface area (Å²) >= 11 is 0. The summed E-state index contributed by atoms with van der Waals surface area (Å²) in [6.07, 6.45) is 0.974. The van der Waals surface area contributed by atoms with E-state index in [1.165, 1.54) is 0 Å². The molecule has 1 unspecified atom stereocenters. The van der Waals surface area contributed by atoms with Gasteiger partial charge in [0, 0.05) is 5.57 Å². The highest BCUT2D eigenvalue weighted by atomic mass is 16.1. The Bertz CT molecular complexity index is 161. The fourth-order valence-electron chi connectivity index (χ4n) is 1.09.